The van der Waals surface area contributed by atoms with Crippen LogP contribution in [0.3, 0.4) is 0 Å². The first-order chi connectivity index (χ1) is 11.4. The van der Waals surface area contributed by atoms with Crippen LogP contribution in [0.1, 0.15) is 31.1 Å². The Labute approximate surface area is 147 Å². The third-order valence-corrected chi connectivity index (χ3v) is 3.62. The van der Waals surface area contributed by atoms with Gasteiger partial charge in [-0.2, -0.15) is 0 Å². The molecule has 24 heavy (non-hydrogen) atoms. The maximum atomic E-state index is 11.9. The molecule has 0 radical (unpaired) electrons. The standard InChI is InChI=1S/C19H22ClNO3/c1-13(2)24-17-8-6-15(7-9-17)18(22)12-21-19(23)11-14-4-3-5-16(20)10-14/h3-10,13,18,22H,11-12H2,1-2H3,(H,21,23). The summed E-state index contributed by atoms with van der Waals surface area (Å²) >= 11 is 5.90. The van der Waals surface area contributed by atoms with Crippen molar-refractivity contribution in [2.45, 2.75) is 32.5 Å². The van der Waals surface area contributed by atoms with Gasteiger partial charge in [0.15, 0.2) is 0 Å². The number of carbonyl (C=O) groups is 1. The third kappa shape index (κ3) is 5.87. The van der Waals surface area contributed by atoms with Gasteiger partial charge in [-0.3, -0.25) is 4.79 Å². The van der Waals surface area contributed by atoms with Crippen molar-refractivity contribution in [3.05, 3.63) is 64.7 Å². The van der Waals surface area contributed by atoms with Crippen molar-refractivity contribution in [2.24, 2.45) is 0 Å². The lowest BCUT2D eigenvalue weighted by Crippen LogP contribution is -2.29. The van der Waals surface area contributed by atoms with E-state index in [1.165, 1.54) is 0 Å². The molecular formula is C19H22ClNO3. The number of hydrogen-bond donors (Lipinski definition) is 2. The van der Waals surface area contributed by atoms with E-state index >= 15 is 0 Å². The first kappa shape index (κ1) is 18.3. The average molecular weight is 348 g/mol. The number of aliphatic hydroxyl groups excluding tert-OH is 1. The molecule has 1 unspecified atom stereocenters. The molecular weight excluding hydrogens is 326 g/mol. The van der Waals surface area contributed by atoms with E-state index in [-0.39, 0.29) is 25.0 Å². The van der Waals surface area contributed by atoms with Crippen LogP contribution in [0.4, 0.5) is 0 Å². The van der Waals surface area contributed by atoms with Gasteiger partial charge in [-0.05, 0) is 49.2 Å². The molecule has 2 N–H and O–H groups in total. The van der Waals surface area contributed by atoms with Crippen molar-refractivity contribution in [2.75, 3.05) is 6.54 Å². The molecule has 2 rings (SSSR count). The zero-order valence-electron chi connectivity index (χ0n) is 13.8. The monoisotopic (exact) mass is 347 g/mol. The lowest BCUT2D eigenvalue weighted by atomic mass is 10.1. The van der Waals surface area contributed by atoms with Gasteiger partial charge >= 0.3 is 0 Å². The van der Waals surface area contributed by atoms with E-state index in [1.807, 2.05) is 32.0 Å². The zero-order chi connectivity index (χ0) is 17.5. The summed E-state index contributed by atoms with van der Waals surface area (Å²) in [5.41, 5.74) is 1.57. The predicted molar refractivity (Wildman–Crippen MR) is 95.3 cm³/mol. The summed E-state index contributed by atoms with van der Waals surface area (Å²) in [5.74, 6) is 0.599. The second-order valence-electron chi connectivity index (χ2n) is 5.86. The third-order valence-electron chi connectivity index (χ3n) is 3.38. The Bertz CT molecular complexity index is 671. The summed E-state index contributed by atoms with van der Waals surface area (Å²) in [7, 11) is 0. The van der Waals surface area contributed by atoms with Gasteiger partial charge in [-0.25, -0.2) is 0 Å². The first-order valence-corrected chi connectivity index (χ1v) is 8.27. The molecule has 0 spiro atoms. The number of ether oxygens (including phenoxy) is 1. The number of aliphatic hydroxyl groups is 1. The van der Waals surface area contributed by atoms with Gasteiger partial charge in [0.25, 0.3) is 0 Å². The van der Waals surface area contributed by atoms with E-state index in [0.717, 1.165) is 16.9 Å². The van der Waals surface area contributed by atoms with E-state index < -0.39 is 6.10 Å². The molecule has 0 bridgehead atoms. The zero-order valence-corrected chi connectivity index (χ0v) is 14.6. The van der Waals surface area contributed by atoms with Gasteiger partial charge in [0.2, 0.25) is 5.91 Å². The molecule has 1 atom stereocenters. The molecule has 1 amide bonds. The lowest BCUT2D eigenvalue weighted by Gasteiger charge is -2.14. The average Bonchev–Trinajstić information content (AvgIpc) is 2.53. The highest BCUT2D eigenvalue weighted by Crippen LogP contribution is 2.18. The van der Waals surface area contributed by atoms with Gasteiger partial charge < -0.3 is 15.2 Å². The van der Waals surface area contributed by atoms with Crippen LogP contribution in [-0.4, -0.2) is 23.7 Å². The first-order valence-electron chi connectivity index (χ1n) is 7.90. The summed E-state index contributed by atoms with van der Waals surface area (Å²) in [5, 5.41) is 13.5. The molecule has 0 saturated carbocycles. The smallest absolute Gasteiger partial charge is 0.224 e. The largest absolute Gasteiger partial charge is 0.491 e. The number of amides is 1. The topological polar surface area (TPSA) is 58.6 Å². The SMILES string of the molecule is CC(C)Oc1ccc(C(O)CNC(=O)Cc2cccc(Cl)c2)cc1. The van der Waals surface area contributed by atoms with E-state index in [0.29, 0.717) is 5.02 Å². The minimum absolute atomic E-state index is 0.103. The van der Waals surface area contributed by atoms with E-state index in [9.17, 15) is 9.90 Å². The van der Waals surface area contributed by atoms with Crippen LogP contribution in [0.15, 0.2) is 48.5 Å². The predicted octanol–water partition coefficient (Wildman–Crippen LogP) is 3.52. The summed E-state index contributed by atoms with van der Waals surface area (Å²) < 4.78 is 5.56. The molecule has 128 valence electrons. The molecule has 2 aromatic rings. The fourth-order valence-corrected chi connectivity index (χ4v) is 2.48. The van der Waals surface area contributed by atoms with Crippen molar-refractivity contribution in [1.82, 2.24) is 5.32 Å². The maximum Gasteiger partial charge on any atom is 0.224 e. The van der Waals surface area contributed by atoms with Crippen molar-refractivity contribution < 1.29 is 14.6 Å². The minimum atomic E-state index is -0.763. The number of halogens is 1. The van der Waals surface area contributed by atoms with Gasteiger partial charge in [-0.15, -0.1) is 0 Å². The Morgan fingerprint density at radius 3 is 2.54 bits per heavy atom. The number of nitrogens with one attached hydrogen (secondary N) is 1. The second kappa shape index (κ2) is 8.71. The molecule has 0 aliphatic rings. The summed E-state index contributed by atoms with van der Waals surface area (Å²) in [6, 6.07) is 14.4. The normalized spacial score (nSPS) is 12.0. The van der Waals surface area contributed by atoms with Crippen molar-refractivity contribution in [3.8, 4) is 5.75 Å². The summed E-state index contributed by atoms with van der Waals surface area (Å²) in [6.07, 6.45) is -0.429. The van der Waals surface area contributed by atoms with Crippen LogP contribution in [-0.2, 0) is 11.2 Å². The van der Waals surface area contributed by atoms with Crippen LogP contribution in [0, 0.1) is 0 Å². The molecule has 0 aromatic heterocycles. The van der Waals surface area contributed by atoms with Crippen LogP contribution in [0.25, 0.3) is 0 Å². The maximum absolute atomic E-state index is 11.9. The van der Waals surface area contributed by atoms with Crippen molar-refractivity contribution >= 4 is 17.5 Å². The van der Waals surface area contributed by atoms with Crippen LogP contribution < -0.4 is 10.1 Å². The van der Waals surface area contributed by atoms with Gasteiger partial charge in [0.05, 0.1) is 18.6 Å². The van der Waals surface area contributed by atoms with Crippen LogP contribution in [0.2, 0.25) is 5.02 Å². The second-order valence-corrected chi connectivity index (χ2v) is 6.30. The highest BCUT2D eigenvalue weighted by Gasteiger charge is 2.10. The van der Waals surface area contributed by atoms with Crippen molar-refractivity contribution in [3.63, 3.8) is 0 Å². The Hall–Kier alpha value is -2.04. The number of carbonyl (C=O) groups excluding carboxylic acids is 1. The van der Waals surface area contributed by atoms with Gasteiger partial charge in [0.1, 0.15) is 5.75 Å². The van der Waals surface area contributed by atoms with Crippen LogP contribution >= 0.6 is 11.6 Å². The molecule has 0 fully saturated rings. The Balaban J connectivity index is 1.83. The van der Waals surface area contributed by atoms with E-state index in [4.69, 9.17) is 16.3 Å². The lowest BCUT2D eigenvalue weighted by molar-refractivity contribution is -0.120. The number of benzene rings is 2. The summed E-state index contributed by atoms with van der Waals surface area (Å²) in [4.78, 5) is 11.9. The Morgan fingerprint density at radius 1 is 1.21 bits per heavy atom. The van der Waals surface area contributed by atoms with E-state index in [2.05, 4.69) is 5.32 Å². The van der Waals surface area contributed by atoms with Crippen LogP contribution in [0.5, 0.6) is 5.75 Å². The Morgan fingerprint density at radius 2 is 1.92 bits per heavy atom. The highest BCUT2D eigenvalue weighted by molar-refractivity contribution is 6.30. The fraction of sp³-hybridized carbons (Fsp3) is 0.316. The van der Waals surface area contributed by atoms with Gasteiger partial charge in [-0.1, -0.05) is 35.9 Å². The quantitative estimate of drug-likeness (QED) is 0.805. The molecule has 0 heterocycles. The Kier molecular flexibility index (Phi) is 6.64. The number of rotatable bonds is 7. The minimum Gasteiger partial charge on any atom is -0.491 e. The molecule has 4 nitrogen and oxygen atoms in total. The summed E-state index contributed by atoms with van der Waals surface area (Å²) in [6.45, 7) is 4.07. The number of hydrogen-bond acceptors (Lipinski definition) is 3. The van der Waals surface area contributed by atoms with E-state index in [1.54, 1.807) is 30.3 Å². The molecule has 5 heteroatoms. The fourth-order valence-electron chi connectivity index (χ4n) is 2.26. The molecule has 2 aromatic carbocycles. The molecule has 0 aliphatic carbocycles. The molecule has 0 saturated heterocycles. The van der Waals surface area contributed by atoms with Crippen molar-refractivity contribution in [1.29, 1.82) is 0 Å². The molecule has 0 aliphatic heterocycles. The van der Waals surface area contributed by atoms with Gasteiger partial charge in [0, 0.05) is 11.6 Å². The highest BCUT2D eigenvalue weighted by atomic mass is 35.5.